The van der Waals surface area contributed by atoms with Crippen molar-refractivity contribution in [3.63, 3.8) is 0 Å². The van der Waals surface area contributed by atoms with Crippen LogP contribution in [0.25, 0.3) is 0 Å². The standard InChI is InChI=1S/C6H6O3/c7-5-3-1-2-4(5)6(8)9/h1-2,4H,3H2,(H,8,9). The summed E-state index contributed by atoms with van der Waals surface area (Å²) < 4.78 is 0. The van der Waals surface area contributed by atoms with Crippen molar-refractivity contribution in [1.29, 1.82) is 0 Å². The third kappa shape index (κ3) is 0.988. The largest absolute Gasteiger partial charge is 0.480 e. The van der Waals surface area contributed by atoms with E-state index in [1.54, 1.807) is 6.08 Å². The smallest absolute Gasteiger partial charge is 0.317 e. The molecule has 1 atom stereocenters. The van der Waals surface area contributed by atoms with E-state index in [1.807, 2.05) is 0 Å². The lowest BCUT2D eigenvalue weighted by molar-refractivity contribution is -0.143. The Morgan fingerprint density at radius 1 is 1.78 bits per heavy atom. The van der Waals surface area contributed by atoms with Gasteiger partial charge in [-0.2, -0.15) is 0 Å². The molecule has 0 aromatic rings. The van der Waals surface area contributed by atoms with Crippen molar-refractivity contribution in [3.8, 4) is 0 Å². The van der Waals surface area contributed by atoms with Crippen LogP contribution >= 0.6 is 0 Å². The molecular weight excluding hydrogens is 120 g/mol. The molecule has 0 saturated carbocycles. The normalized spacial score (nSPS) is 24.9. The summed E-state index contributed by atoms with van der Waals surface area (Å²) in [4.78, 5) is 20.7. The Morgan fingerprint density at radius 2 is 2.44 bits per heavy atom. The minimum Gasteiger partial charge on any atom is -0.480 e. The molecular formula is C6H6O3. The molecule has 0 heterocycles. The first-order valence-electron chi connectivity index (χ1n) is 2.64. The summed E-state index contributed by atoms with van der Waals surface area (Å²) in [5.41, 5.74) is 0. The number of carboxylic acids is 1. The van der Waals surface area contributed by atoms with Crippen molar-refractivity contribution in [3.05, 3.63) is 12.2 Å². The Balaban J connectivity index is 2.71. The number of hydrogen-bond acceptors (Lipinski definition) is 2. The number of aliphatic carboxylic acids is 1. The number of carbonyl (C=O) groups excluding carboxylic acids is 1. The van der Waals surface area contributed by atoms with Crippen molar-refractivity contribution < 1.29 is 14.7 Å². The van der Waals surface area contributed by atoms with E-state index in [9.17, 15) is 9.59 Å². The first kappa shape index (κ1) is 6.01. The maximum Gasteiger partial charge on any atom is 0.317 e. The first-order chi connectivity index (χ1) is 4.22. The highest BCUT2D eigenvalue weighted by atomic mass is 16.4. The number of carboxylic acid groups (broad SMARTS) is 1. The molecule has 1 aliphatic carbocycles. The zero-order chi connectivity index (χ0) is 6.85. The minimum absolute atomic E-state index is 0.220. The predicted octanol–water partition coefficient (Wildman–Crippen LogP) is 0.216. The molecule has 0 saturated heterocycles. The second-order valence-corrected chi connectivity index (χ2v) is 1.91. The fourth-order valence-electron chi connectivity index (χ4n) is 0.775. The third-order valence-electron chi connectivity index (χ3n) is 1.26. The summed E-state index contributed by atoms with van der Waals surface area (Å²) in [6.07, 6.45) is 3.28. The number of ketones is 1. The maximum absolute atomic E-state index is 10.6. The Labute approximate surface area is 52.0 Å². The predicted molar refractivity (Wildman–Crippen MR) is 29.9 cm³/mol. The van der Waals surface area contributed by atoms with Crippen LogP contribution in [0.15, 0.2) is 12.2 Å². The molecule has 0 bridgehead atoms. The second-order valence-electron chi connectivity index (χ2n) is 1.91. The number of hydrogen-bond donors (Lipinski definition) is 1. The lowest BCUT2D eigenvalue weighted by atomic mass is 10.1. The Morgan fingerprint density at radius 3 is 2.67 bits per heavy atom. The fraction of sp³-hybridized carbons (Fsp3) is 0.333. The van der Waals surface area contributed by atoms with Gasteiger partial charge in [-0.15, -0.1) is 0 Å². The van der Waals surface area contributed by atoms with Gasteiger partial charge in [-0.1, -0.05) is 12.2 Å². The van der Waals surface area contributed by atoms with Crippen molar-refractivity contribution >= 4 is 11.8 Å². The van der Waals surface area contributed by atoms with Crippen LogP contribution in [0.4, 0.5) is 0 Å². The molecule has 1 N–H and O–H groups in total. The summed E-state index contributed by atoms with van der Waals surface area (Å²) in [5, 5.41) is 8.31. The SMILES string of the molecule is O=C(O)C1C=CCC1=O. The summed E-state index contributed by atoms with van der Waals surface area (Å²) in [7, 11) is 0. The highest BCUT2D eigenvalue weighted by Crippen LogP contribution is 2.12. The zero-order valence-electron chi connectivity index (χ0n) is 4.70. The summed E-state index contributed by atoms with van der Waals surface area (Å²) >= 11 is 0. The first-order valence-corrected chi connectivity index (χ1v) is 2.64. The molecule has 0 aliphatic heterocycles. The molecule has 9 heavy (non-hydrogen) atoms. The molecule has 3 heteroatoms. The molecule has 1 aliphatic rings. The van der Waals surface area contributed by atoms with E-state index in [4.69, 9.17) is 5.11 Å². The quantitative estimate of drug-likeness (QED) is 0.403. The van der Waals surface area contributed by atoms with E-state index in [-0.39, 0.29) is 12.2 Å². The molecule has 0 radical (unpaired) electrons. The van der Waals surface area contributed by atoms with Crippen LogP contribution < -0.4 is 0 Å². The van der Waals surface area contributed by atoms with Crippen molar-refractivity contribution in [1.82, 2.24) is 0 Å². The molecule has 0 aromatic heterocycles. The maximum atomic E-state index is 10.6. The van der Waals surface area contributed by atoms with Gasteiger partial charge in [-0.3, -0.25) is 9.59 Å². The number of rotatable bonds is 1. The van der Waals surface area contributed by atoms with Gasteiger partial charge in [0, 0.05) is 6.42 Å². The highest BCUT2D eigenvalue weighted by Gasteiger charge is 2.25. The number of Topliss-reactive ketones (excluding diaryl/α,β-unsaturated/α-hetero) is 1. The van der Waals surface area contributed by atoms with Gasteiger partial charge in [0.15, 0.2) is 5.78 Å². The van der Waals surface area contributed by atoms with Crippen LogP contribution in [0.5, 0.6) is 0 Å². The third-order valence-corrected chi connectivity index (χ3v) is 1.26. The summed E-state index contributed by atoms with van der Waals surface area (Å²) in [6, 6.07) is 0. The lowest BCUT2D eigenvalue weighted by Gasteiger charge is -1.95. The summed E-state index contributed by atoms with van der Waals surface area (Å²) in [6.45, 7) is 0. The van der Waals surface area contributed by atoms with Gasteiger partial charge in [-0.25, -0.2) is 0 Å². The van der Waals surface area contributed by atoms with Gasteiger partial charge in [0.1, 0.15) is 5.92 Å². The van der Waals surface area contributed by atoms with Crippen molar-refractivity contribution in [2.75, 3.05) is 0 Å². The molecule has 0 aromatic carbocycles. The number of allylic oxidation sites excluding steroid dienone is 1. The van der Waals surface area contributed by atoms with E-state index >= 15 is 0 Å². The second kappa shape index (κ2) is 2.01. The van der Waals surface area contributed by atoms with E-state index in [0.717, 1.165) is 0 Å². The van der Waals surface area contributed by atoms with Crippen LogP contribution in [-0.2, 0) is 9.59 Å². The number of carbonyl (C=O) groups is 2. The molecule has 0 spiro atoms. The van der Waals surface area contributed by atoms with Gasteiger partial charge >= 0.3 is 5.97 Å². The van der Waals surface area contributed by atoms with Crippen molar-refractivity contribution in [2.45, 2.75) is 6.42 Å². The molecule has 48 valence electrons. The average molecular weight is 126 g/mol. The van der Waals surface area contributed by atoms with Gasteiger partial charge < -0.3 is 5.11 Å². The fourth-order valence-corrected chi connectivity index (χ4v) is 0.775. The van der Waals surface area contributed by atoms with E-state index in [0.29, 0.717) is 0 Å². The zero-order valence-corrected chi connectivity index (χ0v) is 4.70. The lowest BCUT2D eigenvalue weighted by Crippen LogP contribution is -2.16. The Hall–Kier alpha value is -1.12. The van der Waals surface area contributed by atoms with E-state index in [1.165, 1.54) is 6.08 Å². The molecule has 0 amide bonds. The minimum atomic E-state index is -1.05. The Kier molecular flexibility index (Phi) is 1.34. The average Bonchev–Trinajstić information content (AvgIpc) is 2.13. The van der Waals surface area contributed by atoms with Gasteiger partial charge in [0.2, 0.25) is 0 Å². The van der Waals surface area contributed by atoms with Crippen LogP contribution in [0.3, 0.4) is 0 Å². The van der Waals surface area contributed by atoms with Crippen LogP contribution in [0, 0.1) is 5.92 Å². The van der Waals surface area contributed by atoms with E-state index < -0.39 is 11.9 Å². The van der Waals surface area contributed by atoms with Gasteiger partial charge in [0.25, 0.3) is 0 Å². The van der Waals surface area contributed by atoms with Crippen molar-refractivity contribution in [2.24, 2.45) is 5.92 Å². The Bertz CT molecular complexity index is 181. The van der Waals surface area contributed by atoms with Gasteiger partial charge in [-0.05, 0) is 0 Å². The van der Waals surface area contributed by atoms with Crippen LogP contribution in [0.1, 0.15) is 6.42 Å². The van der Waals surface area contributed by atoms with Crippen LogP contribution in [0.2, 0.25) is 0 Å². The highest BCUT2D eigenvalue weighted by molar-refractivity contribution is 6.02. The van der Waals surface area contributed by atoms with Gasteiger partial charge in [0.05, 0.1) is 0 Å². The molecule has 1 rings (SSSR count). The molecule has 0 fully saturated rings. The van der Waals surface area contributed by atoms with E-state index in [2.05, 4.69) is 0 Å². The monoisotopic (exact) mass is 126 g/mol. The molecule has 1 unspecified atom stereocenters. The summed E-state index contributed by atoms with van der Waals surface area (Å²) in [5.74, 6) is -2.14. The molecule has 3 nitrogen and oxygen atoms in total. The van der Waals surface area contributed by atoms with Crippen LogP contribution in [-0.4, -0.2) is 16.9 Å². The topological polar surface area (TPSA) is 54.4 Å².